The maximum Gasteiger partial charge on any atom is 0.239 e. The highest BCUT2D eigenvalue weighted by molar-refractivity contribution is 7.98. The van der Waals surface area contributed by atoms with Crippen molar-refractivity contribution in [2.45, 2.75) is 63.9 Å². The molecule has 29 heavy (non-hydrogen) atoms. The number of carbonyl (C=O) groups is 1. The predicted octanol–water partition coefficient (Wildman–Crippen LogP) is 3.54. The van der Waals surface area contributed by atoms with E-state index in [4.69, 9.17) is 15.2 Å². The first-order valence-electron chi connectivity index (χ1n) is 10.8. The normalized spacial score (nSPS) is 31.1. The van der Waals surface area contributed by atoms with Crippen molar-refractivity contribution in [2.75, 3.05) is 25.1 Å². The van der Waals surface area contributed by atoms with Gasteiger partial charge < -0.3 is 20.1 Å². The first-order chi connectivity index (χ1) is 13.8. The Labute approximate surface area is 178 Å². The Hall–Kier alpha value is -1.24. The van der Waals surface area contributed by atoms with Crippen LogP contribution in [0.3, 0.4) is 0 Å². The molecule has 0 spiro atoms. The monoisotopic (exact) mass is 418 g/mol. The summed E-state index contributed by atoms with van der Waals surface area (Å²) in [4.78, 5) is 14.8. The Morgan fingerprint density at radius 3 is 2.97 bits per heavy atom. The fourth-order valence-corrected chi connectivity index (χ4v) is 5.70. The van der Waals surface area contributed by atoms with Crippen molar-refractivity contribution >= 4 is 17.7 Å². The summed E-state index contributed by atoms with van der Waals surface area (Å²) in [5, 5.41) is 0. The van der Waals surface area contributed by atoms with E-state index >= 15 is 0 Å². The number of benzene rings is 1. The molecule has 2 N–H and O–H groups in total. The first-order valence-corrected chi connectivity index (χ1v) is 12.2. The molecule has 0 aromatic heterocycles. The number of piperidine rings is 1. The number of likely N-dealkylation sites (tertiary alicyclic amines) is 1. The average molecular weight is 419 g/mol. The van der Waals surface area contributed by atoms with Crippen LogP contribution in [0, 0.1) is 18.8 Å². The molecule has 2 saturated heterocycles. The summed E-state index contributed by atoms with van der Waals surface area (Å²) in [6.07, 6.45) is 4.96. The van der Waals surface area contributed by atoms with Crippen LogP contribution >= 0.6 is 11.8 Å². The molecule has 5 atom stereocenters. The van der Waals surface area contributed by atoms with Gasteiger partial charge in [-0.3, -0.25) is 4.79 Å². The van der Waals surface area contributed by atoms with Gasteiger partial charge in [-0.05, 0) is 63.7 Å². The molecule has 0 radical (unpaired) electrons. The molecule has 3 aliphatic heterocycles. The molecule has 0 aliphatic carbocycles. The molecule has 1 aromatic carbocycles. The van der Waals surface area contributed by atoms with Crippen molar-refractivity contribution in [3.05, 3.63) is 29.3 Å². The molecule has 0 saturated carbocycles. The summed E-state index contributed by atoms with van der Waals surface area (Å²) in [6.45, 7) is 7.92. The van der Waals surface area contributed by atoms with Crippen LogP contribution in [0.1, 0.15) is 50.3 Å². The lowest BCUT2D eigenvalue weighted by Gasteiger charge is -2.53. The van der Waals surface area contributed by atoms with Crippen molar-refractivity contribution in [3.8, 4) is 5.75 Å². The van der Waals surface area contributed by atoms with E-state index in [9.17, 15) is 4.79 Å². The number of carbonyl (C=O) groups excluding carboxylic acids is 1. The Morgan fingerprint density at radius 1 is 1.41 bits per heavy atom. The molecule has 0 unspecified atom stereocenters. The number of thioether (sulfide) groups is 1. The summed E-state index contributed by atoms with van der Waals surface area (Å²) in [7, 11) is 0. The number of fused-ring (bicyclic) bond motifs is 4. The lowest BCUT2D eigenvalue weighted by molar-refractivity contribution is -0.189. The zero-order valence-corrected chi connectivity index (χ0v) is 18.8. The standard InChI is InChI=1S/C23H34N2O3S/c1-14-5-6-16-20(11-14)28-23(2,3)17-12-15-13-25(9-7-19(15)27-21(16)17)22(26)18(24)8-10-29-4/h5-6,11,15,17-19,21H,7-10,12-13,24H2,1-4H3/t15-,17+,18+,19+,21-/m0/s1. The molecule has 160 valence electrons. The van der Waals surface area contributed by atoms with Crippen LogP contribution in [0.4, 0.5) is 0 Å². The first kappa shape index (κ1) is 21.0. The Bertz CT molecular complexity index is 768. The van der Waals surface area contributed by atoms with Crippen molar-refractivity contribution in [3.63, 3.8) is 0 Å². The highest BCUT2D eigenvalue weighted by atomic mass is 32.2. The summed E-state index contributed by atoms with van der Waals surface area (Å²) in [5.74, 6) is 2.60. The van der Waals surface area contributed by atoms with Crippen LogP contribution in [-0.2, 0) is 9.53 Å². The zero-order valence-electron chi connectivity index (χ0n) is 18.0. The van der Waals surface area contributed by atoms with E-state index in [1.807, 2.05) is 11.2 Å². The van der Waals surface area contributed by atoms with Crippen LogP contribution in [0.25, 0.3) is 0 Å². The molecule has 3 aliphatic rings. The smallest absolute Gasteiger partial charge is 0.239 e. The van der Waals surface area contributed by atoms with E-state index in [2.05, 4.69) is 39.0 Å². The Balaban J connectivity index is 1.50. The number of nitrogens with zero attached hydrogens (tertiary/aromatic N) is 1. The fourth-order valence-electron chi connectivity index (χ4n) is 5.21. The van der Waals surface area contributed by atoms with Gasteiger partial charge in [0.15, 0.2) is 0 Å². The van der Waals surface area contributed by atoms with Crippen LogP contribution in [0.5, 0.6) is 5.75 Å². The lowest BCUT2D eigenvalue weighted by atomic mass is 9.70. The highest BCUT2D eigenvalue weighted by Crippen LogP contribution is 2.53. The maximum absolute atomic E-state index is 12.8. The molecule has 1 amide bonds. The second kappa shape index (κ2) is 8.12. The van der Waals surface area contributed by atoms with Gasteiger partial charge in [-0.2, -0.15) is 11.8 Å². The summed E-state index contributed by atoms with van der Waals surface area (Å²) >= 11 is 1.73. The van der Waals surface area contributed by atoms with Crippen LogP contribution in [0.15, 0.2) is 18.2 Å². The molecule has 3 heterocycles. The van der Waals surface area contributed by atoms with Gasteiger partial charge >= 0.3 is 0 Å². The molecule has 1 aromatic rings. The van der Waals surface area contributed by atoms with Crippen molar-refractivity contribution in [1.82, 2.24) is 4.90 Å². The Kier molecular flexibility index (Phi) is 5.88. The number of hydrogen-bond acceptors (Lipinski definition) is 5. The van der Waals surface area contributed by atoms with Gasteiger partial charge in [-0.1, -0.05) is 12.1 Å². The minimum absolute atomic E-state index is 0.0710. The molecular formula is C23H34N2O3S. The van der Waals surface area contributed by atoms with E-state index < -0.39 is 0 Å². The topological polar surface area (TPSA) is 64.8 Å². The largest absolute Gasteiger partial charge is 0.487 e. The summed E-state index contributed by atoms with van der Waals surface area (Å²) in [5.41, 5.74) is 8.25. The van der Waals surface area contributed by atoms with Gasteiger partial charge in [-0.15, -0.1) is 0 Å². The molecule has 6 heteroatoms. The number of aryl methyl sites for hydroxylation is 1. The van der Waals surface area contributed by atoms with Gasteiger partial charge in [0.25, 0.3) is 0 Å². The number of ether oxygens (including phenoxy) is 2. The Morgan fingerprint density at radius 2 is 2.21 bits per heavy atom. The maximum atomic E-state index is 12.8. The van der Waals surface area contributed by atoms with Gasteiger partial charge in [0, 0.05) is 30.5 Å². The summed E-state index contributed by atoms with van der Waals surface area (Å²) in [6, 6.07) is 6.05. The number of hydrogen-bond donors (Lipinski definition) is 1. The lowest BCUT2D eigenvalue weighted by Crippen LogP contribution is -2.57. The molecule has 4 rings (SSSR count). The predicted molar refractivity (Wildman–Crippen MR) is 117 cm³/mol. The van der Waals surface area contributed by atoms with E-state index in [-0.39, 0.29) is 35.7 Å². The van der Waals surface area contributed by atoms with Crippen molar-refractivity contribution < 1.29 is 14.3 Å². The summed E-state index contributed by atoms with van der Waals surface area (Å²) < 4.78 is 13.1. The zero-order chi connectivity index (χ0) is 20.8. The highest BCUT2D eigenvalue weighted by Gasteiger charge is 2.51. The third-order valence-electron chi connectivity index (χ3n) is 6.91. The molecule has 2 fully saturated rings. The third-order valence-corrected chi connectivity index (χ3v) is 7.56. The van der Waals surface area contributed by atoms with Crippen LogP contribution in [-0.4, -0.2) is 53.7 Å². The second-order valence-electron chi connectivity index (χ2n) is 9.41. The van der Waals surface area contributed by atoms with E-state index in [1.54, 1.807) is 11.8 Å². The van der Waals surface area contributed by atoms with Gasteiger partial charge in [-0.25, -0.2) is 0 Å². The molecule has 0 bridgehead atoms. The number of rotatable bonds is 4. The fraction of sp³-hybridized carbons (Fsp3) is 0.696. The minimum atomic E-state index is -0.388. The SMILES string of the molecule is CSCC[C@@H](N)C(=O)N1CC[C@H]2O[C@H]3c4ccc(C)cc4OC(C)(C)[C@@H]3C[C@H]2C1. The van der Waals surface area contributed by atoms with Crippen molar-refractivity contribution in [2.24, 2.45) is 17.6 Å². The number of amides is 1. The van der Waals surface area contributed by atoms with E-state index in [0.29, 0.717) is 5.92 Å². The molecule has 5 nitrogen and oxygen atoms in total. The van der Waals surface area contributed by atoms with E-state index in [0.717, 1.165) is 43.9 Å². The van der Waals surface area contributed by atoms with Crippen LogP contribution in [0.2, 0.25) is 0 Å². The average Bonchev–Trinajstić information content (AvgIpc) is 2.69. The minimum Gasteiger partial charge on any atom is -0.487 e. The van der Waals surface area contributed by atoms with Gasteiger partial charge in [0.1, 0.15) is 11.4 Å². The van der Waals surface area contributed by atoms with E-state index in [1.165, 1.54) is 11.1 Å². The molecular weight excluding hydrogens is 384 g/mol. The third kappa shape index (κ3) is 4.04. The van der Waals surface area contributed by atoms with Crippen molar-refractivity contribution in [1.29, 1.82) is 0 Å². The second-order valence-corrected chi connectivity index (χ2v) is 10.4. The number of nitrogens with two attached hydrogens (primary N) is 1. The van der Waals surface area contributed by atoms with Crippen LogP contribution < -0.4 is 10.5 Å². The van der Waals surface area contributed by atoms with Gasteiger partial charge in [0.05, 0.1) is 18.2 Å². The quantitative estimate of drug-likeness (QED) is 0.810. The van der Waals surface area contributed by atoms with Gasteiger partial charge in [0.2, 0.25) is 5.91 Å².